The Labute approximate surface area is 166 Å². The van der Waals surface area contributed by atoms with Gasteiger partial charge in [0.15, 0.2) is 0 Å². The molecule has 0 spiro atoms. The summed E-state index contributed by atoms with van der Waals surface area (Å²) in [5.74, 6) is 0.465. The molecule has 6 heteroatoms. The van der Waals surface area contributed by atoms with E-state index in [1.54, 1.807) is 0 Å². The molecule has 2 aliphatic rings. The van der Waals surface area contributed by atoms with Gasteiger partial charge in [-0.2, -0.15) is 0 Å². The summed E-state index contributed by atoms with van der Waals surface area (Å²) in [6.45, 7) is 9.72. The van der Waals surface area contributed by atoms with E-state index in [-0.39, 0.29) is 18.1 Å². The van der Waals surface area contributed by atoms with Crippen LogP contribution in [0.2, 0.25) is 0 Å². The first-order valence-corrected chi connectivity index (χ1v) is 10.7. The highest BCUT2D eigenvalue weighted by Gasteiger charge is 2.35. The Kier molecular flexibility index (Phi) is 5.41. The lowest BCUT2D eigenvalue weighted by Crippen LogP contribution is -2.51. The fraction of sp³-hybridized carbons (Fsp3) is 0.682. The molecule has 0 unspecified atom stereocenters. The molecule has 1 amide bonds. The second-order valence-electron chi connectivity index (χ2n) is 8.61. The third kappa shape index (κ3) is 3.43. The van der Waals surface area contributed by atoms with Gasteiger partial charge in [0.05, 0.1) is 28.9 Å². The molecule has 28 heavy (non-hydrogen) atoms. The molecule has 0 bridgehead atoms. The normalized spacial score (nSPS) is 22.2. The van der Waals surface area contributed by atoms with Crippen LogP contribution in [0.4, 0.5) is 0 Å². The molecule has 4 rings (SSSR count). The summed E-state index contributed by atoms with van der Waals surface area (Å²) in [6.07, 6.45) is 6.30. The van der Waals surface area contributed by atoms with Gasteiger partial charge in [0, 0.05) is 18.8 Å². The van der Waals surface area contributed by atoms with Gasteiger partial charge in [-0.1, -0.05) is 38.8 Å². The number of nitrogens with zero attached hydrogens (tertiary/aromatic N) is 3. The van der Waals surface area contributed by atoms with Crippen molar-refractivity contribution in [2.45, 2.75) is 78.4 Å². The number of aryl methyl sites for hydroxylation is 2. The quantitative estimate of drug-likeness (QED) is 0.776. The van der Waals surface area contributed by atoms with Gasteiger partial charge < -0.3 is 14.2 Å². The van der Waals surface area contributed by atoms with E-state index in [1.807, 2.05) is 11.8 Å². The molecule has 0 saturated carbocycles. The molecule has 6 nitrogen and oxygen atoms in total. The number of ether oxygens (including phenoxy) is 1. The minimum absolute atomic E-state index is 0.0773. The minimum atomic E-state index is 0.0773. The number of hydrogen-bond donors (Lipinski definition) is 0. The Hall–Kier alpha value is -1.95. The molecule has 2 atom stereocenters. The number of rotatable bonds is 5. The third-order valence-electron chi connectivity index (χ3n) is 6.14. The van der Waals surface area contributed by atoms with Crippen LogP contribution in [0.1, 0.15) is 73.8 Å². The Morgan fingerprint density at radius 3 is 2.86 bits per heavy atom. The van der Waals surface area contributed by atoms with Crippen LogP contribution in [0, 0.1) is 12.8 Å². The predicted molar refractivity (Wildman–Crippen MR) is 107 cm³/mol. The van der Waals surface area contributed by atoms with Crippen molar-refractivity contribution in [3.05, 3.63) is 22.5 Å². The highest BCUT2D eigenvalue weighted by Crippen LogP contribution is 2.33. The lowest BCUT2D eigenvalue weighted by molar-refractivity contribution is -0.0962. The zero-order chi connectivity index (χ0) is 19.8. The minimum Gasteiger partial charge on any atom is -0.371 e. The predicted octanol–water partition coefficient (Wildman–Crippen LogP) is 4.08. The van der Waals surface area contributed by atoms with Crippen LogP contribution in [0.15, 0.2) is 4.52 Å². The SMILES string of the molecule is CCCC[C@@H]1CN(C(=O)c2c3c(nc4onc(C)c24)CCC3)C[C@H](C(C)C)O1. The summed E-state index contributed by atoms with van der Waals surface area (Å²) in [5.41, 5.74) is 4.12. The van der Waals surface area contributed by atoms with Crippen molar-refractivity contribution < 1.29 is 14.1 Å². The van der Waals surface area contributed by atoms with Crippen LogP contribution in [-0.2, 0) is 17.6 Å². The fourth-order valence-electron chi connectivity index (χ4n) is 4.51. The van der Waals surface area contributed by atoms with Gasteiger partial charge in [0.2, 0.25) is 0 Å². The maximum atomic E-state index is 13.8. The molecule has 1 aliphatic heterocycles. The summed E-state index contributed by atoms with van der Waals surface area (Å²) in [7, 11) is 0. The number of hydrogen-bond acceptors (Lipinski definition) is 5. The van der Waals surface area contributed by atoms with Crippen LogP contribution < -0.4 is 0 Å². The number of morpholine rings is 1. The molecule has 152 valence electrons. The first-order chi connectivity index (χ1) is 13.5. The van der Waals surface area contributed by atoms with Crippen molar-refractivity contribution in [3.8, 4) is 0 Å². The molecule has 2 aromatic heterocycles. The van der Waals surface area contributed by atoms with E-state index in [1.165, 1.54) is 0 Å². The summed E-state index contributed by atoms with van der Waals surface area (Å²) >= 11 is 0. The Balaban J connectivity index is 1.71. The number of carbonyl (C=O) groups excluding carboxylic acids is 1. The Morgan fingerprint density at radius 1 is 1.29 bits per heavy atom. The molecule has 1 fully saturated rings. The van der Waals surface area contributed by atoms with Crippen LogP contribution in [0.25, 0.3) is 11.1 Å². The summed E-state index contributed by atoms with van der Waals surface area (Å²) in [6, 6.07) is 0. The first-order valence-electron chi connectivity index (χ1n) is 10.7. The summed E-state index contributed by atoms with van der Waals surface area (Å²) < 4.78 is 11.7. The fourth-order valence-corrected chi connectivity index (χ4v) is 4.51. The highest BCUT2D eigenvalue weighted by molar-refractivity contribution is 6.07. The smallest absolute Gasteiger partial charge is 0.259 e. The van der Waals surface area contributed by atoms with Crippen LogP contribution in [0.3, 0.4) is 0 Å². The maximum Gasteiger partial charge on any atom is 0.259 e. The summed E-state index contributed by atoms with van der Waals surface area (Å²) in [4.78, 5) is 20.4. The Bertz CT molecular complexity index is 874. The van der Waals surface area contributed by atoms with Crippen molar-refractivity contribution in [2.24, 2.45) is 5.92 Å². The largest absolute Gasteiger partial charge is 0.371 e. The van der Waals surface area contributed by atoms with Crippen LogP contribution >= 0.6 is 0 Å². The average Bonchev–Trinajstić information content (AvgIpc) is 3.30. The molecular weight excluding hydrogens is 354 g/mol. The van der Waals surface area contributed by atoms with E-state index >= 15 is 0 Å². The van der Waals surface area contributed by atoms with Gasteiger partial charge >= 0.3 is 0 Å². The Morgan fingerprint density at radius 2 is 2.11 bits per heavy atom. The van der Waals surface area contributed by atoms with Gasteiger partial charge in [-0.25, -0.2) is 4.98 Å². The third-order valence-corrected chi connectivity index (χ3v) is 6.14. The number of unbranched alkanes of at least 4 members (excludes halogenated alkanes) is 1. The lowest BCUT2D eigenvalue weighted by atomic mass is 9.98. The van der Waals surface area contributed by atoms with Gasteiger partial charge in [-0.15, -0.1) is 0 Å². The van der Waals surface area contributed by atoms with Gasteiger partial charge in [0.1, 0.15) is 0 Å². The maximum absolute atomic E-state index is 13.8. The highest BCUT2D eigenvalue weighted by atomic mass is 16.5. The zero-order valence-corrected chi connectivity index (χ0v) is 17.5. The van der Waals surface area contributed by atoms with Crippen molar-refractivity contribution in [3.63, 3.8) is 0 Å². The molecule has 2 aromatic rings. The van der Waals surface area contributed by atoms with E-state index in [2.05, 4.69) is 30.9 Å². The lowest BCUT2D eigenvalue weighted by Gasteiger charge is -2.40. The van der Waals surface area contributed by atoms with Crippen molar-refractivity contribution in [2.75, 3.05) is 13.1 Å². The van der Waals surface area contributed by atoms with E-state index in [0.29, 0.717) is 24.7 Å². The number of aromatic nitrogens is 2. The molecule has 0 radical (unpaired) electrons. The first kappa shape index (κ1) is 19.4. The molecule has 0 N–H and O–H groups in total. The standard InChI is InChI=1S/C22H31N3O3/c1-5-6-8-15-11-25(12-18(27-15)13(2)3)22(26)20-16-9-7-10-17(16)23-21-19(20)14(4)24-28-21/h13,15,18H,5-12H2,1-4H3/t15-,18-/m1/s1. The van der Waals surface area contributed by atoms with E-state index in [0.717, 1.165) is 66.4 Å². The monoisotopic (exact) mass is 385 g/mol. The number of fused-ring (bicyclic) bond motifs is 2. The van der Waals surface area contributed by atoms with Gasteiger partial charge in [0.25, 0.3) is 11.6 Å². The zero-order valence-electron chi connectivity index (χ0n) is 17.5. The molecule has 1 aliphatic carbocycles. The van der Waals surface area contributed by atoms with Crippen molar-refractivity contribution in [1.82, 2.24) is 15.0 Å². The molecular formula is C22H31N3O3. The summed E-state index contributed by atoms with van der Waals surface area (Å²) in [5, 5.41) is 4.89. The molecule has 0 aromatic carbocycles. The van der Waals surface area contributed by atoms with Gasteiger partial charge in [-0.3, -0.25) is 4.79 Å². The second kappa shape index (κ2) is 7.82. The average molecular weight is 386 g/mol. The van der Waals surface area contributed by atoms with Crippen molar-refractivity contribution in [1.29, 1.82) is 0 Å². The van der Waals surface area contributed by atoms with E-state index in [9.17, 15) is 4.79 Å². The topological polar surface area (TPSA) is 68.5 Å². The van der Waals surface area contributed by atoms with E-state index in [4.69, 9.17) is 9.26 Å². The molecule has 3 heterocycles. The van der Waals surface area contributed by atoms with E-state index < -0.39 is 0 Å². The number of carbonyl (C=O) groups is 1. The van der Waals surface area contributed by atoms with Crippen LogP contribution in [0.5, 0.6) is 0 Å². The van der Waals surface area contributed by atoms with Crippen molar-refractivity contribution >= 4 is 17.0 Å². The number of amides is 1. The molecule has 1 saturated heterocycles. The van der Waals surface area contributed by atoms with Gasteiger partial charge in [-0.05, 0) is 44.1 Å². The van der Waals surface area contributed by atoms with Crippen LogP contribution in [-0.4, -0.2) is 46.2 Å². The second-order valence-corrected chi connectivity index (χ2v) is 8.61. The number of pyridine rings is 1.